The average Bonchev–Trinajstić information content (AvgIpc) is 2.30. The lowest BCUT2D eigenvalue weighted by Gasteiger charge is -2.22. The molecule has 2 rings (SSSR count). The van der Waals surface area contributed by atoms with Gasteiger partial charge in [-0.3, -0.25) is 0 Å². The monoisotopic (exact) mass is 239 g/mol. The largest absolute Gasteiger partial charge is 0.490 e. The minimum Gasteiger partial charge on any atom is -0.423 e. The van der Waals surface area contributed by atoms with E-state index >= 15 is 0 Å². The van der Waals surface area contributed by atoms with Gasteiger partial charge in [0, 0.05) is 11.7 Å². The van der Waals surface area contributed by atoms with E-state index in [1.165, 1.54) is 25.5 Å². The molecule has 1 saturated carbocycles. The highest BCUT2D eigenvalue weighted by atomic mass is 35.5. The van der Waals surface area contributed by atoms with Crippen molar-refractivity contribution in [3.05, 3.63) is 23.0 Å². The van der Waals surface area contributed by atoms with Crippen LogP contribution in [0.3, 0.4) is 0 Å². The van der Waals surface area contributed by atoms with Crippen molar-refractivity contribution < 1.29 is 10.0 Å². The number of hydrogen-bond donors (Lipinski definition) is 2. The van der Waals surface area contributed by atoms with Crippen molar-refractivity contribution >= 4 is 24.2 Å². The fourth-order valence-electron chi connectivity index (χ4n) is 2.32. The Balaban J connectivity index is 2.27. The first kappa shape index (κ1) is 11.9. The van der Waals surface area contributed by atoms with Crippen molar-refractivity contribution in [2.24, 2.45) is 0 Å². The summed E-state index contributed by atoms with van der Waals surface area (Å²) in [6.45, 7) is 0. The maximum absolute atomic E-state index is 9.11. The van der Waals surface area contributed by atoms with E-state index < -0.39 is 7.12 Å². The molecule has 0 aromatic carbocycles. The van der Waals surface area contributed by atoms with Crippen LogP contribution in [0.2, 0.25) is 5.15 Å². The summed E-state index contributed by atoms with van der Waals surface area (Å²) >= 11 is 6.06. The van der Waals surface area contributed by atoms with Gasteiger partial charge in [0.05, 0.1) is 0 Å². The summed E-state index contributed by atoms with van der Waals surface area (Å²) in [6, 6.07) is 1.77. The number of nitrogens with zero attached hydrogens (tertiary/aromatic N) is 1. The third-order valence-electron chi connectivity index (χ3n) is 3.23. The molecule has 5 heteroatoms. The first-order chi connectivity index (χ1) is 7.68. The van der Waals surface area contributed by atoms with Crippen LogP contribution in [0.15, 0.2) is 12.3 Å². The van der Waals surface area contributed by atoms with Gasteiger partial charge in [0.25, 0.3) is 0 Å². The molecule has 0 bridgehead atoms. The van der Waals surface area contributed by atoms with E-state index in [1.807, 2.05) is 0 Å². The molecular formula is C11H15BClNO2. The molecule has 1 heterocycles. The lowest BCUT2D eigenvalue weighted by molar-refractivity contribution is 0.424. The van der Waals surface area contributed by atoms with Gasteiger partial charge >= 0.3 is 7.12 Å². The fourth-order valence-corrected chi connectivity index (χ4v) is 2.58. The van der Waals surface area contributed by atoms with Crippen molar-refractivity contribution in [2.45, 2.75) is 38.0 Å². The Labute approximate surface area is 101 Å². The van der Waals surface area contributed by atoms with Crippen molar-refractivity contribution in [1.29, 1.82) is 0 Å². The van der Waals surface area contributed by atoms with Crippen LogP contribution in [0.25, 0.3) is 0 Å². The summed E-state index contributed by atoms with van der Waals surface area (Å²) < 4.78 is 0. The van der Waals surface area contributed by atoms with Gasteiger partial charge in [0.1, 0.15) is 5.15 Å². The Bertz CT molecular complexity index is 367. The summed E-state index contributed by atoms with van der Waals surface area (Å²) in [5.41, 5.74) is 1.39. The van der Waals surface area contributed by atoms with E-state index in [0.29, 0.717) is 16.5 Å². The topological polar surface area (TPSA) is 53.4 Å². The molecule has 0 aliphatic heterocycles. The molecule has 1 aliphatic carbocycles. The molecule has 1 aromatic rings. The zero-order valence-electron chi connectivity index (χ0n) is 9.06. The summed E-state index contributed by atoms with van der Waals surface area (Å²) in [5.74, 6) is 0.424. The maximum atomic E-state index is 9.11. The molecule has 1 aliphatic rings. The molecule has 3 nitrogen and oxygen atoms in total. The second-order valence-electron chi connectivity index (χ2n) is 4.36. The third kappa shape index (κ3) is 2.57. The molecule has 0 amide bonds. The van der Waals surface area contributed by atoms with Gasteiger partial charge in [-0.15, -0.1) is 0 Å². The van der Waals surface area contributed by atoms with Crippen LogP contribution in [0.4, 0.5) is 0 Å². The van der Waals surface area contributed by atoms with Crippen molar-refractivity contribution in [2.75, 3.05) is 0 Å². The van der Waals surface area contributed by atoms with E-state index in [0.717, 1.165) is 18.4 Å². The molecule has 86 valence electrons. The average molecular weight is 240 g/mol. The zero-order valence-corrected chi connectivity index (χ0v) is 9.82. The number of rotatable bonds is 2. The summed E-state index contributed by atoms with van der Waals surface area (Å²) in [4.78, 5) is 4.02. The Hall–Kier alpha value is -0.575. The Morgan fingerprint density at radius 2 is 1.94 bits per heavy atom. The van der Waals surface area contributed by atoms with Crippen LogP contribution in [-0.4, -0.2) is 22.2 Å². The van der Waals surface area contributed by atoms with E-state index in [9.17, 15) is 0 Å². The van der Waals surface area contributed by atoms with E-state index in [2.05, 4.69) is 4.98 Å². The summed E-state index contributed by atoms with van der Waals surface area (Å²) in [6.07, 6.45) is 7.36. The van der Waals surface area contributed by atoms with Crippen LogP contribution < -0.4 is 5.46 Å². The van der Waals surface area contributed by atoms with Crippen LogP contribution >= 0.6 is 11.6 Å². The standard InChI is InChI=1S/C11H15BClNO2/c13-11-10(8-4-2-1-3-5-8)6-9(7-14-11)12(15)16/h6-8,15-16H,1-5H2. The molecule has 0 atom stereocenters. The minimum atomic E-state index is -1.47. The van der Waals surface area contributed by atoms with Gasteiger partial charge in [0.15, 0.2) is 0 Å². The lowest BCUT2D eigenvalue weighted by atomic mass is 9.78. The molecule has 1 fully saturated rings. The lowest BCUT2D eigenvalue weighted by Crippen LogP contribution is -2.31. The maximum Gasteiger partial charge on any atom is 0.490 e. The first-order valence-corrected chi connectivity index (χ1v) is 6.08. The van der Waals surface area contributed by atoms with Gasteiger partial charge in [0.2, 0.25) is 0 Å². The second kappa shape index (κ2) is 5.17. The highest BCUT2D eigenvalue weighted by Crippen LogP contribution is 2.34. The van der Waals surface area contributed by atoms with Crippen molar-refractivity contribution in [1.82, 2.24) is 4.98 Å². The van der Waals surface area contributed by atoms with E-state index in [4.69, 9.17) is 21.6 Å². The van der Waals surface area contributed by atoms with Crippen LogP contribution in [0.5, 0.6) is 0 Å². The number of pyridine rings is 1. The van der Waals surface area contributed by atoms with E-state index in [-0.39, 0.29) is 0 Å². The fraction of sp³-hybridized carbons (Fsp3) is 0.545. The summed E-state index contributed by atoms with van der Waals surface area (Å²) in [7, 11) is -1.47. The first-order valence-electron chi connectivity index (χ1n) is 5.70. The normalized spacial score (nSPS) is 17.4. The molecule has 16 heavy (non-hydrogen) atoms. The van der Waals surface area contributed by atoms with Crippen molar-refractivity contribution in [3.8, 4) is 0 Å². The van der Waals surface area contributed by atoms with Gasteiger partial charge in [-0.25, -0.2) is 4.98 Å². The van der Waals surface area contributed by atoms with Gasteiger partial charge in [-0.2, -0.15) is 0 Å². The quantitative estimate of drug-likeness (QED) is 0.607. The third-order valence-corrected chi connectivity index (χ3v) is 3.55. The molecule has 0 saturated heterocycles. The van der Waals surface area contributed by atoms with Gasteiger partial charge in [-0.1, -0.05) is 36.9 Å². The molecule has 1 aromatic heterocycles. The molecule has 0 unspecified atom stereocenters. The van der Waals surface area contributed by atoms with Gasteiger partial charge < -0.3 is 10.0 Å². The van der Waals surface area contributed by atoms with Gasteiger partial charge in [-0.05, 0) is 24.3 Å². The molecule has 0 radical (unpaired) electrons. The number of hydrogen-bond acceptors (Lipinski definition) is 3. The molecular weight excluding hydrogens is 224 g/mol. The Morgan fingerprint density at radius 3 is 2.56 bits per heavy atom. The second-order valence-corrected chi connectivity index (χ2v) is 4.72. The Morgan fingerprint density at radius 1 is 1.25 bits per heavy atom. The number of halogens is 1. The highest BCUT2D eigenvalue weighted by Gasteiger charge is 2.21. The summed E-state index contributed by atoms with van der Waals surface area (Å²) in [5, 5.41) is 18.7. The van der Waals surface area contributed by atoms with Crippen LogP contribution in [0, 0.1) is 0 Å². The molecule has 2 N–H and O–H groups in total. The smallest absolute Gasteiger partial charge is 0.423 e. The predicted molar refractivity (Wildman–Crippen MR) is 64.9 cm³/mol. The predicted octanol–water partition coefficient (Wildman–Crippen LogP) is 1.46. The molecule has 0 spiro atoms. The minimum absolute atomic E-state index is 0.421. The van der Waals surface area contributed by atoms with E-state index in [1.54, 1.807) is 6.07 Å². The number of aromatic nitrogens is 1. The highest BCUT2D eigenvalue weighted by molar-refractivity contribution is 6.58. The SMILES string of the molecule is OB(O)c1cnc(Cl)c(C2CCCCC2)c1. The van der Waals surface area contributed by atoms with Crippen molar-refractivity contribution in [3.63, 3.8) is 0 Å². The van der Waals surface area contributed by atoms with Crippen LogP contribution in [-0.2, 0) is 0 Å². The zero-order chi connectivity index (χ0) is 11.5. The van der Waals surface area contributed by atoms with Crippen LogP contribution in [0.1, 0.15) is 43.6 Å². The Kier molecular flexibility index (Phi) is 3.84.